The fourth-order valence-electron chi connectivity index (χ4n) is 2.18. The first kappa shape index (κ1) is 14.2. The van der Waals surface area contributed by atoms with Crippen LogP contribution in [0.25, 0.3) is 0 Å². The molecule has 1 aliphatic heterocycles. The van der Waals surface area contributed by atoms with Gasteiger partial charge in [-0.25, -0.2) is 4.79 Å². The molecule has 6 heteroatoms. The molecule has 1 saturated heterocycles. The van der Waals surface area contributed by atoms with Crippen molar-refractivity contribution < 1.29 is 19.1 Å². The van der Waals surface area contributed by atoms with Crippen molar-refractivity contribution in [3.8, 4) is 5.75 Å². The minimum Gasteiger partial charge on any atom is -0.497 e. The minimum absolute atomic E-state index is 0.207. The molecule has 0 aliphatic carbocycles. The number of nitrogens with zero attached hydrogens (tertiary/aromatic N) is 1. The van der Waals surface area contributed by atoms with Crippen LogP contribution in [-0.4, -0.2) is 44.2 Å². The Labute approximate surface area is 117 Å². The van der Waals surface area contributed by atoms with E-state index in [1.165, 1.54) is 7.11 Å². The number of methoxy groups -OCH3 is 2. The number of urea groups is 1. The molecule has 1 aliphatic rings. The van der Waals surface area contributed by atoms with Gasteiger partial charge in [0.2, 0.25) is 0 Å². The van der Waals surface area contributed by atoms with Crippen molar-refractivity contribution in [2.45, 2.75) is 6.42 Å². The van der Waals surface area contributed by atoms with Gasteiger partial charge >= 0.3 is 12.0 Å². The predicted octanol–water partition coefficient (Wildman–Crippen LogP) is 1.72. The average Bonchev–Trinajstić information content (AvgIpc) is 2.97. The highest BCUT2D eigenvalue weighted by atomic mass is 16.5. The fourth-order valence-corrected chi connectivity index (χ4v) is 2.18. The van der Waals surface area contributed by atoms with Gasteiger partial charge < -0.3 is 19.7 Å². The molecule has 1 atom stereocenters. The van der Waals surface area contributed by atoms with E-state index in [4.69, 9.17) is 9.47 Å². The summed E-state index contributed by atoms with van der Waals surface area (Å²) in [4.78, 5) is 25.1. The monoisotopic (exact) mass is 278 g/mol. The first-order valence-electron chi connectivity index (χ1n) is 6.42. The number of esters is 1. The summed E-state index contributed by atoms with van der Waals surface area (Å²) in [5.74, 6) is 0.251. The van der Waals surface area contributed by atoms with Gasteiger partial charge in [0.15, 0.2) is 0 Å². The summed E-state index contributed by atoms with van der Waals surface area (Å²) >= 11 is 0. The van der Waals surface area contributed by atoms with Gasteiger partial charge in [0, 0.05) is 18.8 Å². The third-order valence-electron chi connectivity index (χ3n) is 3.35. The normalized spacial score (nSPS) is 17.7. The quantitative estimate of drug-likeness (QED) is 0.855. The molecule has 0 aromatic heterocycles. The molecule has 2 amide bonds. The Bertz CT molecular complexity index is 486. The van der Waals surface area contributed by atoms with Gasteiger partial charge in [-0.15, -0.1) is 0 Å². The molecule has 1 N–H and O–H groups in total. The van der Waals surface area contributed by atoms with Gasteiger partial charge in [-0.05, 0) is 30.7 Å². The van der Waals surface area contributed by atoms with Crippen LogP contribution in [0.3, 0.4) is 0 Å². The van der Waals surface area contributed by atoms with Crippen LogP contribution in [0, 0.1) is 5.92 Å². The summed E-state index contributed by atoms with van der Waals surface area (Å²) in [5.41, 5.74) is 0.692. The number of hydrogen-bond acceptors (Lipinski definition) is 4. The molecule has 20 heavy (non-hydrogen) atoms. The summed E-state index contributed by atoms with van der Waals surface area (Å²) < 4.78 is 9.75. The van der Waals surface area contributed by atoms with Crippen LogP contribution in [0.5, 0.6) is 5.75 Å². The highest BCUT2D eigenvalue weighted by molar-refractivity contribution is 5.90. The Hall–Kier alpha value is -2.24. The third kappa shape index (κ3) is 3.20. The highest BCUT2D eigenvalue weighted by Crippen LogP contribution is 2.20. The molecular weight excluding hydrogens is 260 g/mol. The number of rotatable bonds is 3. The van der Waals surface area contributed by atoms with E-state index in [2.05, 4.69) is 5.32 Å². The number of benzene rings is 1. The lowest BCUT2D eigenvalue weighted by Crippen LogP contribution is -2.33. The summed E-state index contributed by atoms with van der Waals surface area (Å²) in [6.45, 7) is 0.955. The standard InChI is InChI=1S/C14H18N2O4/c1-19-12-5-3-11(4-6-12)15-14(18)16-8-7-10(9-16)13(17)20-2/h3-6,10H,7-9H2,1-2H3,(H,15,18). The number of ether oxygens (including phenoxy) is 2. The van der Waals surface area contributed by atoms with Crippen molar-refractivity contribution in [3.05, 3.63) is 24.3 Å². The van der Waals surface area contributed by atoms with Crippen molar-refractivity contribution >= 4 is 17.7 Å². The highest BCUT2D eigenvalue weighted by Gasteiger charge is 2.31. The zero-order chi connectivity index (χ0) is 14.5. The summed E-state index contributed by atoms with van der Waals surface area (Å²) in [6, 6.07) is 6.88. The van der Waals surface area contributed by atoms with Crippen molar-refractivity contribution in [3.63, 3.8) is 0 Å². The fraction of sp³-hybridized carbons (Fsp3) is 0.429. The number of anilines is 1. The Morgan fingerprint density at radius 1 is 1.25 bits per heavy atom. The van der Waals surface area contributed by atoms with Crippen LogP contribution in [0.2, 0.25) is 0 Å². The second-order valence-electron chi connectivity index (χ2n) is 4.61. The van der Waals surface area contributed by atoms with Gasteiger partial charge in [-0.1, -0.05) is 0 Å². The Morgan fingerprint density at radius 2 is 1.95 bits per heavy atom. The van der Waals surface area contributed by atoms with Crippen molar-refractivity contribution in [2.24, 2.45) is 5.92 Å². The van der Waals surface area contributed by atoms with E-state index in [0.717, 1.165) is 5.75 Å². The zero-order valence-electron chi connectivity index (χ0n) is 11.6. The lowest BCUT2D eigenvalue weighted by molar-refractivity contribution is -0.144. The van der Waals surface area contributed by atoms with Gasteiger partial charge in [0.25, 0.3) is 0 Å². The van der Waals surface area contributed by atoms with E-state index in [0.29, 0.717) is 25.2 Å². The topological polar surface area (TPSA) is 67.9 Å². The van der Waals surface area contributed by atoms with Gasteiger partial charge in [0.05, 0.1) is 20.1 Å². The molecule has 1 fully saturated rings. The SMILES string of the molecule is COC(=O)C1CCN(C(=O)Nc2ccc(OC)cc2)C1. The van der Waals surface area contributed by atoms with Crippen molar-refractivity contribution in [2.75, 3.05) is 32.6 Å². The Kier molecular flexibility index (Phi) is 4.45. The van der Waals surface area contributed by atoms with Crippen LogP contribution in [-0.2, 0) is 9.53 Å². The second-order valence-corrected chi connectivity index (χ2v) is 4.61. The maximum atomic E-state index is 12.1. The van der Waals surface area contributed by atoms with E-state index in [9.17, 15) is 9.59 Å². The molecule has 108 valence electrons. The van der Waals surface area contributed by atoms with Crippen LogP contribution < -0.4 is 10.1 Å². The molecule has 1 aromatic carbocycles. The van der Waals surface area contributed by atoms with Crippen molar-refractivity contribution in [1.29, 1.82) is 0 Å². The number of carbonyl (C=O) groups excluding carboxylic acids is 2. The number of amides is 2. The third-order valence-corrected chi connectivity index (χ3v) is 3.35. The van der Waals surface area contributed by atoms with E-state index in [1.54, 1.807) is 36.3 Å². The number of carbonyl (C=O) groups is 2. The lowest BCUT2D eigenvalue weighted by Gasteiger charge is -2.17. The summed E-state index contributed by atoms with van der Waals surface area (Å²) in [7, 11) is 2.95. The molecular formula is C14H18N2O4. The molecule has 0 bridgehead atoms. The molecule has 1 unspecified atom stereocenters. The largest absolute Gasteiger partial charge is 0.497 e. The van der Waals surface area contributed by atoms with Crippen molar-refractivity contribution in [1.82, 2.24) is 4.90 Å². The van der Waals surface area contributed by atoms with Crippen LogP contribution >= 0.6 is 0 Å². The Balaban J connectivity index is 1.90. The Morgan fingerprint density at radius 3 is 2.55 bits per heavy atom. The van der Waals surface area contributed by atoms with E-state index >= 15 is 0 Å². The second kappa shape index (κ2) is 6.27. The number of nitrogens with one attached hydrogen (secondary N) is 1. The molecule has 1 aromatic rings. The van der Waals surface area contributed by atoms with Crippen LogP contribution in [0.1, 0.15) is 6.42 Å². The maximum Gasteiger partial charge on any atom is 0.321 e. The number of hydrogen-bond donors (Lipinski definition) is 1. The first-order chi connectivity index (χ1) is 9.63. The molecule has 6 nitrogen and oxygen atoms in total. The molecule has 0 spiro atoms. The molecule has 0 radical (unpaired) electrons. The lowest BCUT2D eigenvalue weighted by atomic mass is 10.1. The van der Waals surface area contributed by atoms with E-state index in [-0.39, 0.29) is 17.9 Å². The van der Waals surface area contributed by atoms with Crippen LogP contribution in [0.15, 0.2) is 24.3 Å². The molecule has 1 heterocycles. The minimum atomic E-state index is -0.259. The smallest absolute Gasteiger partial charge is 0.321 e. The zero-order valence-corrected chi connectivity index (χ0v) is 11.6. The number of likely N-dealkylation sites (tertiary alicyclic amines) is 1. The maximum absolute atomic E-state index is 12.1. The first-order valence-corrected chi connectivity index (χ1v) is 6.42. The van der Waals surface area contributed by atoms with E-state index < -0.39 is 0 Å². The average molecular weight is 278 g/mol. The van der Waals surface area contributed by atoms with Gasteiger partial charge in [-0.2, -0.15) is 0 Å². The summed E-state index contributed by atoms with van der Waals surface area (Å²) in [5, 5.41) is 2.79. The summed E-state index contributed by atoms with van der Waals surface area (Å²) in [6.07, 6.45) is 0.642. The van der Waals surface area contributed by atoms with Crippen LogP contribution in [0.4, 0.5) is 10.5 Å². The molecule has 0 saturated carbocycles. The van der Waals surface area contributed by atoms with Gasteiger partial charge in [0.1, 0.15) is 5.75 Å². The molecule has 2 rings (SSSR count). The van der Waals surface area contributed by atoms with E-state index in [1.807, 2.05) is 0 Å². The van der Waals surface area contributed by atoms with Gasteiger partial charge in [-0.3, -0.25) is 4.79 Å². The predicted molar refractivity (Wildman–Crippen MR) is 73.7 cm³/mol.